The summed E-state index contributed by atoms with van der Waals surface area (Å²) in [5.74, 6) is 1.73. The Labute approximate surface area is 122 Å². The van der Waals surface area contributed by atoms with Crippen LogP contribution >= 0.6 is 15.9 Å². The average molecular weight is 348 g/mol. The second-order valence-electron chi connectivity index (χ2n) is 4.87. The summed E-state index contributed by atoms with van der Waals surface area (Å²) in [7, 11) is -1.13. The minimum Gasteiger partial charge on any atom is -0.496 e. The minimum absolute atomic E-state index is 0.256. The van der Waals surface area contributed by atoms with E-state index in [1.54, 1.807) is 7.11 Å². The number of hydrogen-bond acceptors (Lipinski definition) is 4. The Balaban J connectivity index is 1.81. The van der Waals surface area contributed by atoms with Crippen LogP contribution in [0.5, 0.6) is 5.75 Å². The van der Waals surface area contributed by atoms with E-state index in [9.17, 15) is 8.42 Å². The molecule has 4 nitrogen and oxygen atoms in total. The summed E-state index contributed by atoms with van der Waals surface area (Å²) in [6, 6.07) is 5.93. The maximum atomic E-state index is 11.3. The molecule has 0 unspecified atom stereocenters. The van der Waals surface area contributed by atoms with E-state index < -0.39 is 9.84 Å². The van der Waals surface area contributed by atoms with Crippen molar-refractivity contribution in [1.82, 2.24) is 5.32 Å². The van der Waals surface area contributed by atoms with Crippen molar-refractivity contribution >= 4 is 25.8 Å². The Hall–Kier alpha value is -0.590. The van der Waals surface area contributed by atoms with Crippen LogP contribution in [0, 0.1) is 5.92 Å². The van der Waals surface area contributed by atoms with Crippen LogP contribution in [0.2, 0.25) is 0 Å². The Kier molecular flexibility index (Phi) is 4.86. The first kappa shape index (κ1) is 14.8. The molecule has 1 atom stereocenters. The molecule has 2 rings (SSSR count). The highest BCUT2D eigenvalue weighted by atomic mass is 79.9. The van der Waals surface area contributed by atoms with Gasteiger partial charge in [-0.3, -0.25) is 0 Å². The molecule has 1 N–H and O–H groups in total. The number of rotatable bonds is 5. The summed E-state index contributed by atoms with van der Waals surface area (Å²) in [4.78, 5) is 0. The van der Waals surface area contributed by atoms with Crippen molar-refractivity contribution in [3.8, 4) is 5.75 Å². The van der Waals surface area contributed by atoms with Gasteiger partial charge in [-0.25, -0.2) is 8.42 Å². The lowest BCUT2D eigenvalue weighted by atomic mass is 10.1. The van der Waals surface area contributed by atoms with E-state index in [4.69, 9.17) is 4.74 Å². The summed E-state index contributed by atoms with van der Waals surface area (Å²) >= 11 is 3.45. The first-order chi connectivity index (χ1) is 9.00. The second kappa shape index (κ2) is 6.24. The van der Waals surface area contributed by atoms with Crippen molar-refractivity contribution in [3.05, 3.63) is 28.2 Å². The molecule has 0 spiro atoms. The van der Waals surface area contributed by atoms with Crippen molar-refractivity contribution < 1.29 is 13.2 Å². The van der Waals surface area contributed by atoms with Crippen LogP contribution in [-0.4, -0.2) is 33.6 Å². The molecule has 1 fully saturated rings. The lowest BCUT2D eigenvalue weighted by Crippen LogP contribution is -2.23. The van der Waals surface area contributed by atoms with Crippen molar-refractivity contribution in [2.75, 3.05) is 25.2 Å². The molecule has 0 amide bonds. The monoisotopic (exact) mass is 347 g/mol. The summed E-state index contributed by atoms with van der Waals surface area (Å²) in [6.07, 6.45) is 0.779. The van der Waals surface area contributed by atoms with Crippen LogP contribution in [-0.2, 0) is 16.4 Å². The molecule has 1 heterocycles. The number of hydrogen-bond donors (Lipinski definition) is 1. The topological polar surface area (TPSA) is 55.4 Å². The number of benzene rings is 1. The first-order valence-corrected chi connectivity index (χ1v) is 8.85. The molecule has 106 valence electrons. The molecule has 0 radical (unpaired) electrons. The SMILES string of the molecule is COc1ccc(CNC[C@@H]2CCS(=O)(=O)C2)cc1Br. The molecule has 1 aromatic rings. The lowest BCUT2D eigenvalue weighted by Gasteiger charge is -2.10. The van der Waals surface area contributed by atoms with E-state index in [-0.39, 0.29) is 5.92 Å². The van der Waals surface area contributed by atoms with Gasteiger partial charge in [0.05, 0.1) is 23.1 Å². The highest BCUT2D eigenvalue weighted by molar-refractivity contribution is 9.10. The molecule has 0 aliphatic carbocycles. The fourth-order valence-electron chi connectivity index (χ4n) is 2.27. The first-order valence-electron chi connectivity index (χ1n) is 6.24. The number of methoxy groups -OCH3 is 1. The molecule has 1 aliphatic rings. The highest BCUT2D eigenvalue weighted by Crippen LogP contribution is 2.25. The third-order valence-corrected chi connectivity index (χ3v) is 5.76. The Morgan fingerprint density at radius 1 is 1.47 bits per heavy atom. The zero-order valence-corrected chi connectivity index (χ0v) is 13.3. The number of halogens is 1. The van der Waals surface area contributed by atoms with Crippen molar-refractivity contribution in [3.63, 3.8) is 0 Å². The van der Waals surface area contributed by atoms with Gasteiger partial charge < -0.3 is 10.1 Å². The zero-order chi connectivity index (χ0) is 13.9. The van der Waals surface area contributed by atoms with Gasteiger partial charge in [0, 0.05) is 6.54 Å². The molecular weight excluding hydrogens is 330 g/mol. The van der Waals surface area contributed by atoms with E-state index in [0.29, 0.717) is 11.5 Å². The Morgan fingerprint density at radius 3 is 2.84 bits per heavy atom. The van der Waals surface area contributed by atoms with Crippen molar-refractivity contribution in [2.24, 2.45) is 5.92 Å². The maximum Gasteiger partial charge on any atom is 0.150 e. The maximum absolute atomic E-state index is 11.3. The van der Waals surface area contributed by atoms with Crippen molar-refractivity contribution in [1.29, 1.82) is 0 Å². The molecule has 6 heteroatoms. The average Bonchev–Trinajstić information content (AvgIpc) is 2.69. The normalized spacial score (nSPS) is 21.5. The van der Waals surface area contributed by atoms with Gasteiger partial charge >= 0.3 is 0 Å². The lowest BCUT2D eigenvalue weighted by molar-refractivity contribution is 0.412. The van der Waals surface area contributed by atoms with Gasteiger partial charge in [-0.15, -0.1) is 0 Å². The fourth-order valence-corrected chi connectivity index (χ4v) is 4.72. The van der Waals surface area contributed by atoms with Crippen LogP contribution in [0.15, 0.2) is 22.7 Å². The molecular formula is C13H18BrNO3S. The summed E-state index contributed by atoms with van der Waals surface area (Å²) in [6.45, 7) is 1.49. The van der Waals surface area contributed by atoms with Gasteiger partial charge in [0.1, 0.15) is 5.75 Å². The third kappa shape index (κ3) is 4.19. The van der Waals surface area contributed by atoms with E-state index in [2.05, 4.69) is 21.2 Å². The number of ether oxygens (including phenoxy) is 1. The Morgan fingerprint density at radius 2 is 2.26 bits per heavy atom. The van der Waals surface area contributed by atoms with Crippen LogP contribution < -0.4 is 10.1 Å². The van der Waals surface area contributed by atoms with Crippen LogP contribution in [0.4, 0.5) is 0 Å². The third-order valence-electron chi connectivity index (χ3n) is 3.31. The van der Waals surface area contributed by atoms with Gasteiger partial charge in [0.2, 0.25) is 0 Å². The van der Waals surface area contributed by atoms with Crippen LogP contribution in [0.3, 0.4) is 0 Å². The molecule has 1 aromatic carbocycles. The number of nitrogens with one attached hydrogen (secondary N) is 1. The largest absolute Gasteiger partial charge is 0.496 e. The van der Waals surface area contributed by atoms with Gasteiger partial charge in [0.15, 0.2) is 9.84 Å². The molecule has 1 aliphatic heterocycles. The predicted molar refractivity (Wildman–Crippen MR) is 79.2 cm³/mol. The standard InChI is InChI=1S/C13H18BrNO3S/c1-18-13-3-2-10(6-12(13)14)7-15-8-11-4-5-19(16,17)9-11/h2-3,6,11,15H,4-5,7-9H2,1H3/t11-/m0/s1. The number of sulfone groups is 1. The smallest absolute Gasteiger partial charge is 0.150 e. The van der Waals surface area contributed by atoms with E-state index in [0.717, 1.165) is 35.3 Å². The fraction of sp³-hybridized carbons (Fsp3) is 0.538. The van der Waals surface area contributed by atoms with Gasteiger partial charge in [0.25, 0.3) is 0 Å². The second-order valence-corrected chi connectivity index (χ2v) is 7.95. The van der Waals surface area contributed by atoms with Gasteiger partial charge in [-0.1, -0.05) is 6.07 Å². The predicted octanol–water partition coefficient (Wildman–Crippen LogP) is 1.98. The summed E-state index contributed by atoms with van der Waals surface area (Å²) in [5.41, 5.74) is 1.15. The quantitative estimate of drug-likeness (QED) is 0.884. The zero-order valence-electron chi connectivity index (χ0n) is 10.9. The highest BCUT2D eigenvalue weighted by Gasteiger charge is 2.27. The molecule has 1 saturated heterocycles. The molecule has 0 saturated carbocycles. The van der Waals surface area contributed by atoms with E-state index in [1.165, 1.54) is 0 Å². The van der Waals surface area contributed by atoms with Crippen LogP contribution in [0.25, 0.3) is 0 Å². The van der Waals surface area contributed by atoms with E-state index >= 15 is 0 Å². The van der Waals surface area contributed by atoms with Crippen molar-refractivity contribution in [2.45, 2.75) is 13.0 Å². The molecule has 0 aromatic heterocycles. The van der Waals surface area contributed by atoms with Gasteiger partial charge in [-0.2, -0.15) is 0 Å². The van der Waals surface area contributed by atoms with Gasteiger partial charge in [-0.05, 0) is 52.5 Å². The molecule has 0 bridgehead atoms. The summed E-state index contributed by atoms with van der Waals surface area (Å²) < 4.78 is 28.8. The summed E-state index contributed by atoms with van der Waals surface area (Å²) in [5, 5.41) is 3.32. The minimum atomic E-state index is -2.77. The molecule has 19 heavy (non-hydrogen) atoms. The Bertz CT molecular complexity index is 545. The van der Waals surface area contributed by atoms with E-state index in [1.807, 2.05) is 18.2 Å². The van der Waals surface area contributed by atoms with Crippen LogP contribution in [0.1, 0.15) is 12.0 Å².